The molecule has 26 heavy (non-hydrogen) atoms. The fourth-order valence-electron chi connectivity index (χ4n) is 2.88. The average molecular weight is 364 g/mol. The summed E-state index contributed by atoms with van der Waals surface area (Å²) >= 11 is 0. The van der Waals surface area contributed by atoms with Crippen molar-refractivity contribution in [2.24, 2.45) is 5.92 Å². The smallest absolute Gasteiger partial charge is 0.223 e. The Labute approximate surface area is 153 Å². The first-order chi connectivity index (χ1) is 12.5. The molecular formula is C20H26F2N2O2. The minimum atomic E-state index is -0.703. The molecule has 0 saturated carbocycles. The maximum Gasteiger partial charge on any atom is 0.223 e. The summed E-state index contributed by atoms with van der Waals surface area (Å²) in [7, 11) is 0. The molecule has 0 spiro atoms. The van der Waals surface area contributed by atoms with Gasteiger partial charge in [0, 0.05) is 32.0 Å². The van der Waals surface area contributed by atoms with Gasteiger partial charge in [-0.3, -0.25) is 4.79 Å². The van der Waals surface area contributed by atoms with Gasteiger partial charge >= 0.3 is 0 Å². The van der Waals surface area contributed by atoms with Crippen molar-refractivity contribution < 1.29 is 18.0 Å². The number of carbonyl (C=O) groups is 1. The maximum atomic E-state index is 13.8. The van der Waals surface area contributed by atoms with E-state index in [2.05, 4.69) is 18.8 Å². The van der Waals surface area contributed by atoms with Crippen molar-refractivity contribution in [2.75, 3.05) is 13.1 Å². The summed E-state index contributed by atoms with van der Waals surface area (Å²) in [4.78, 5) is 18.4. The van der Waals surface area contributed by atoms with Crippen LogP contribution in [0.15, 0.2) is 28.8 Å². The normalized spacial score (nSPS) is 11.2. The van der Waals surface area contributed by atoms with Gasteiger partial charge in [-0.25, -0.2) is 13.8 Å². The predicted octanol–water partition coefficient (Wildman–Crippen LogP) is 4.84. The molecule has 0 bridgehead atoms. The Balaban J connectivity index is 1.97. The Morgan fingerprint density at radius 3 is 2.58 bits per heavy atom. The van der Waals surface area contributed by atoms with Crippen LogP contribution < -0.4 is 0 Å². The second-order valence-electron chi connectivity index (χ2n) is 6.36. The SMILES string of the molecule is CCC(CC)CN(CC)C(=O)CCc1ncc(-c2ccc(F)cc2F)o1. The van der Waals surface area contributed by atoms with E-state index in [4.69, 9.17) is 4.42 Å². The van der Waals surface area contributed by atoms with Gasteiger partial charge in [0.2, 0.25) is 5.91 Å². The molecule has 142 valence electrons. The van der Waals surface area contributed by atoms with E-state index in [0.717, 1.165) is 25.5 Å². The van der Waals surface area contributed by atoms with Crippen LogP contribution in [0.2, 0.25) is 0 Å². The summed E-state index contributed by atoms with van der Waals surface area (Å²) in [6.07, 6.45) is 4.14. The van der Waals surface area contributed by atoms with Crippen LogP contribution in [0.1, 0.15) is 45.9 Å². The highest BCUT2D eigenvalue weighted by Crippen LogP contribution is 2.24. The maximum absolute atomic E-state index is 13.8. The molecule has 0 atom stereocenters. The van der Waals surface area contributed by atoms with E-state index in [1.165, 1.54) is 18.3 Å². The first kappa shape index (κ1) is 20.1. The van der Waals surface area contributed by atoms with Gasteiger partial charge in [0.15, 0.2) is 11.7 Å². The third-order valence-corrected chi connectivity index (χ3v) is 4.67. The van der Waals surface area contributed by atoms with Crippen molar-refractivity contribution in [3.8, 4) is 11.3 Å². The molecule has 0 aliphatic rings. The molecule has 0 radical (unpaired) electrons. The number of hydrogen-bond acceptors (Lipinski definition) is 3. The molecule has 0 aliphatic heterocycles. The Morgan fingerprint density at radius 1 is 1.23 bits per heavy atom. The van der Waals surface area contributed by atoms with Gasteiger partial charge in [-0.15, -0.1) is 0 Å². The van der Waals surface area contributed by atoms with Crippen LogP contribution in [0.3, 0.4) is 0 Å². The Bertz CT molecular complexity index is 726. The van der Waals surface area contributed by atoms with E-state index >= 15 is 0 Å². The molecule has 6 heteroatoms. The number of aryl methyl sites for hydroxylation is 1. The van der Waals surface area contributed by atoms with E-state index in [1.807, 2.05) is 11.8 Å². The van der Waals surface area contributed by atoms with Gasteiger partial charge in [-0.1, -0.05) is 26.7 Å². The molecule has 2 rings (SSSR count). The van der Waals surface area contributed by atoms with Gasteiger partial charge in [-0.2, -0.15) is 0 Å². The van der Waals surface area contributed by atoms with E-state index in [1.54, 1.807) is 0 Å². The minimum absolute atomic E-state index is 0.0621. The lowest BCUT2D eigenvalue weighted by Gasteiger charge is -2.25. The first-order valence-electron chi connectivity index (χ1n) is 9.16. The minimum Gasteiger partial charge on any atom is -0.441 e. The van der Waals surface area contributed by atoms with Gasteiger partial charge in [0.25, 0.3) is 0 Å². The number of rotatable bonds is 9. The number of benzene rings is 1. The average Bonchev–Trinajstić information content (AvgIpc) is 3.09. The zero-order valence-corrected chi connectivity index (χ0v) is 15.6. The van der Waals surface area contributed by atoms with Gasteiger partial charge in [0.05, 0.1) is 11.8 Å². The summed E-state index contributed by atoms with van der Waals surface area (Å²) in [6.45, 7) is 7.68. The van der Waals surface area contributed by atoms with Crippen LogP contribution in [-0.2, 0) is 11.2 Å². The monoisotopic (exact) mass is 364 g/mol. The molecule has 2 aromatic rings. The van der Waals surface area contributed by atoms with Crippen LogP contribution in [-0.4, -0.2) is 28.9 Å². The molecule has 1 aromatic carbocycles. The van der Waals surface area contributed by atoms with Gasteiger partial charge in [0.1, 0.15) is 11.6 Å². The van der Waals surface area contributed by atoms with Crippen molar-refractivity contribution in [1.82, 2.24) is 9.88 Å². The van der Waals surface area contributed by atoms with Gasteiger partial charge < -0.3 is 9.32 Å². The summed E-state index contributed by atoms with van der Waals surface area (Å²) in [5.74, 6) is -0.175. The molecule has 0 saturated heterocycles. The summed E-state index contributed by atoms with van der Waals surface area (Å²) in [5, 5.41) is 0. The second kappa shape index (κ2) is 9.46. The number of nitrogens with zero attached hydrogens (tertiary/aromatic N) is 2. The molecule has 4 nitrogen and oxygen atoms in total. The molecule has 0 fully saturated rings. The molecule has 1 aromatic heterocycles. The van der Waals surface area contributed by atoms with E-state index in [9.17, 15) is 13.6 Å². The zero-order chi connectivity index (χ0) is 19.1. The molecule has 0 N–H and O–H groups in total. The number of carbonyl (C=O) groups excluding carboxylic acids is 1. The third-order valence-electron chi connectivity index (χ3n) is 4.67. The Kier molecular flexibility index (Phi) is 7.30. The summed E-state index contributed by atoms with van der Waals surface area (Å²) in [6, 6.07) is 3.29. The van der Waals surface area contributed by atoms with Crippen molar-refractivity contribution in [3.05, 3.63) is 41.9 Å². The number of hydrogen-bond donors (Lipinski definition) is 0. The third kappa shape index (κ3) is 5.13. The van der Waals surface area contributed by atoms with Crippen LogP contribution in [0, 0.1) is 17.6 Å². The van der Waals surface area contributed by atoms with Crippen LogP contribution in [0.4, 0.5) is 8.78 Å². The van der Waals surface area contributed by atoms with Crippen molar-refractivity contribution in [2.45, 2.75) is 46.5 Å². The van der Waals surface area contributed by atoms with Crippen molar-refractivity contribution in [1.29, 1.82) is 0 Å². The summed E-state index contributed by atoms with van der Waals surface area (Å²) in [5.41, 5.74) is 0.153. The predicted molar refractivity (Wildman–Crippen MR) is 96.5 cm³/mol. The van der Waals surface area contributed by atoms with Crippen molar-refractivity contribution >= 4 is 5.91 Å². The fraction of sp³-hybridized carbons (Fsp3) is 0.500. The number of amides is 1. The molecule has 0 aliphatic carbocycles. The lowest BCUT2D eigenvalue weighted by atomic mass is 10.0. The largest absolute Gasteiger partial charge is 0.441 e. The van der Waals surface area contributed by atoms with Crippen LogP contribution >= 0.6 is 0 Å². The summed E-state index contributed by atoms with van der Waals surface area (Å²) < 4.78 is 32.3. The lowest BCUT2D eigenvalue weighted by molar-refractivity contribution is -0.131. The Hall–Kier alpha value is -2.24. The highest BCUT2D eigenvalue weighted by molar-refractivity contribution is 5.76. The van der Waals surface area contributed by atoms with Crippen LogP contribution in [0.25, 0.3) is 11.3 Å². The quantitative estimate of drug-likeness (QED) is 0.640. The van der Waals surface area contributed by atoms with E-state index in [0.29, 0.717) is 31.2 Å². The van der Waals surface area contributed by atoms with E-state index < -0.39 is 11.6 Å². The number of aromatic nitrogens is 1. The molecule has 0 unspecified atom stereocenters. The van der Waals surface area contributed by atoms with Gasteiger partial charge in [-0.05, 0) is 25.0 Å². The standard InChI is InChI=1S/C20H26F2N2O2/c1-4-14(5-2)13-24(6-3)20(25)10-9-19-23-12-18(26-19)16-8-7-15(21)11-17(16)22/h7-8,11-12,14H,4-6,9-10,13H2,1-3H3. The highest BCUT2D eigenvalue weighted by atomic mass is 19.1. The zero-order valence-electron chi connectivity index (χ0n) is 15.6. The molecule has 1 amide bonds. The molecular weight excluding hydrogens is 338 g/mol. The fourth-order valence-corrected chi connectivity index (χ4v) is 2.88. The van der Waals surface area contributed by atoms with E-state index in [-0.39, 0.29) is 17.2 Å². The number of oxazole rings is 1. The molecule has 1 heterocycles. The second-order valence-corrected chi connectivity index (χ2v) is 6.36. The topological polar surface area (TPSA) is 46.3 Å². The first-order valence-corrected chi connectivity index (χ1v) is 9.16. The van der Waals surface area contributed by atoms with Crippen molar-refractivity contribution in [3.63, 3.8) is 0 Å². The lowest BCUT2D eigenvalue weighted by Crippen LogP contribution is -2.35. The highest BCUT2D eigenvalue weighted by Gasteiger charge is 2.17. The Morgan fingerprint density at radius 2 is 1.96 bits per heavy atom. The van der Waals surface area contributed by atoms with Crippen LogP contribution in [0.5, 0.6) is 0 Å². The number of halogens is 2.